The maximum absolute atomic E-state index is 12.5. The molecule has 3 nitrogen and oxygen atoms in total. The summed E-state index contributed by atoms with van der Waals surface area (Å²) in [6.07, 6.45) is 4.28. The summed E-state index contributed by atoms with van der Waals surface area (Å²) in [6.45, 7) is 2.91. The largest absolute Gasteiger partial charge is 0.355 e. The van der Waals surface area contributed by atoms with Crippen LogP contribution in [0.4, 0.5) is 0 Å². The topological polar surface area (TPSA) is 41.1 Å². The van der Waals surface area contributed by atoms with Gasteiger partial charge in [0.15, 0.2) is 0 Å². The summed E-state index contributed by atoms with van der Waals surface area (Å²) in [4.78, 5) is 12.5. The predicted molar refractivity (Wildman–Crippen MR) is 81.0 cm³/mol. The lowest BCUT2D eigenvalue weighted by molar-refractivity contribution is -0.123. The minimum atomic E-state index is -0.313. The van der Waals surface area contributed by atoms with Crippen LogP contribution < -0.4 is 10.6 Å². The summed E-state index contributed by atoms with van der Waals surface area (Å²) in [7, 11) is 0. The molecule has 1 saturated carbocycles. The van der Waals surface area contributed by atoms with Gasteiger partial charge in [0.05, 0.1) is 5.41 Å². The number of benzene rings is 1. The normalized spacial score (nSPS) is 24.1. The third-order valence-electron chi connectivity index (χ3n) is 4.51. The lowest BCUT2D eigenvalue weighted by Gasteiger charge is -2.24. The number of nitrogens with one attached hydrogen (secondary N) is 2. The molecule has 3 rings (SSSR count). The Morgan fingerprint density at radius 2 is 2.30 bits per heavy atom. The monoisotopic (exact) mass is 292 g/mol. The molecule has 2 N–H and O–H groups in total. The van der Waals surface area contributed by atoms with Crippen LogP contribution in [0.1, 0.15) is 31.2 Å². The van der Waals surface area contributed by atoms with E-state index in [-0.39, 0.29) is 11.3 Å². The Kier molecular flexibility index (Phi) is 3.99. The smallest absolute Gasteiger partial charge is 0.230 e. The molecular weight excluding hydrogens is 272 g/mol. The highest BCUT2D eigenvalue weighted by Crippen LogP contribution is 2.48. The maximum Gasteiger partial charge on any atom is 0.230 e. The Bertz CT molecular complexity index is 493. The highest BCUT2D eigenvalue weighted by molar-refractivity contribution is 6.30. The van der Waals surface area contributed by atoms with Gasteiger partial charge >= 0.3 is 0 Å². The third-order valence-corrected chi connectivity index (χ3v) is 4.75. The molecule has 2 aliphatic rings. The number of carbonyl (C=O) groups is 1. The fraction of sp³-hybridized carbons (Fsp3) is 0.562. The van der Waals surface area contributed by atoms with Crippen molar-refractivity contribution in [1.82, 2.24) is 10.6 Å². The highest BCUT2D eigenvalue weighted by atomic mass is 35.5. The Morgan fingerprint density at radius 1 is 1.45 bits per heavy atom. The summed E-state index contributed by atoms with van der Waals surface area (Å²) in [6, 6.07) is 7.72. The molecule has 0 spiro atoms. The van der Waals surface area contributed by atoms with Crippen molar-refractivity contribution in [2.75, 3.05) is 19.6 Å². The molecule has 20 heavy (non-hydrogen) atoms. The van der Waals surface area contributed by atoms with Crippen LogP contribution in [-0.2, 0) is 10.2 Å². The van der Waals surface area contributed by atoms with E-state index in [1.165, 1.54) is 12.8 Å². The van der Waals surface area contributed by atoms with Crippen molar-refractivity contribution in [2.24, 2.45) is 5.92 Å². The van der Waals surface area contributed by atoms with Crippen molar-refractivity contribution in [2.45, 2.75) is 31.1 Å². The molecule has 108 valence electrons. The zero-order chi connectivity index (χ0) is 14.0. The molecule has 1 aliphatic heterocycles. The Morgan fingerprint density at radius 3 is 2.95 bits per heavy atom. The molecule has 0 aromatic heterocycles. The van der Waals surface area contributed by atoms with Crippen LogP contribution in [0.2, 0.25) is 5.02 Å². The molecule has 4 heteroatoms. The Labute approximate surface area is 125 Å². The zero-order valence-corrected chi connectivity index (χ0v) is 12.4. The van der Waals surface area contributed by atoms with E-state index >= 15 is 0 Å². The molecule has 1 aromatic carbocycles. The summed E-state index contributed by atoms with van der Waals surface area (Å²) in [5, 5.41) is 7.24. The number of halogens is 1. The number of piperidine rings is 1. The molecular formula is C16H21ClN2O. The highest BCUT2D eigenvalue weighted by Gasteiger charge is 2.51. The molecule has 1 amide bonds. The number of amides is 1. The standard InChI is InChI=1S/C16H21ClN2O/c17-14-5-1-4-13(9-14)16(6-7-16)15(20)19-11-12-3-2-8-18-10-12/h1,4-5,9,12,18H,2-3,6-8,10-11H2,(H,19,20). The number of hydrogen-bond acceptors (Lipinski definition) is 2. The second-order valence-corrected chi connectivity index (χ2v) is 6.45. The first-order valence-electron chi connectivity index (χ1n) is 7.46. The predicted octanol–water partition coefficient (Wildman–Crippen LogP) is 2.49. The van der Waals surface area contributed by atoms with Crippen molar-refractivity contribution >= 4 is 17.5 Å². The van der Waals surface area contributed by atoms with Gasteiger partial charge in [0.2, 0.25) is 5.91 Å². The van der Waals surface area contributed by atoms with Crippen molar-refractivity contribution in [3.8, 4) is 0 Å². The number of carbonyl (C=O) groups excluding carboxylic acids is 1. The summed E-state index contributed by atoms with van der Waals surface area (Å²) in [5.74, 6) is 0.744. The third kappa shape index (κ3) is 2.84. The molecule has 1 saturated heterocycles. The van der Waals surface area contributed by atoms with Gasteiger partial charge in [-0.3, -0.25) is 4.79 Å². The first-order chi connectivity index (χ1) is 9.71. The van der Waals surface area contributed by atoms with E-state index in [2.05, 4.69) is 10.6 Å². The van der Waals surface area contributed by atoms with Crippen molar-refractivity contribution < 1.29 is 4.79 Å². The molecule has 1 atom stereocenters. The summed E-state index contributed by atoms with van der Waals surface area (Å²) < 4.78 is 0. The van der Waals surface area contributed by atoms with Gasteiger partial charge in [-0.25, -0.2) is 0 Å². The molecule has 0 radical (unpaired) electrons. The zero-order valence-electron chi connectivity index (χ0n) is 11.6. The summed E-state index contributed by atoms with van der Waals surface area (Å²) >= 11 is 6.04. The van der Waals surface area contributed by atoms with Crippen LogP contribution >= 0.6 is 11.6 Å². The minimum absolute atomic E-state index is 0.172. The Balaban J connectivity index is 1.61. The van der Waals surface area contributed by atoms with Crippen LogP contribution in [0.15, 0.2) is 24.3 Å². The van der Waals surface area contributed by atoms with Crippen LogP contribution in [0, 0.1) is 5.92 Å². The van der Waals surface area contributed by atoms with Crippen LogP contribution in [0.5, 0.6) is 0 Å². The van der Waals surface area contributed by atoms with Crippen LogP contribution in [0.25, 0.3) is 0 Å². The van der Waals surface area contributed by atoms with Crippen molar-refractivity contribution in [3.63, 3.8) is 0 Å². The van der Waals surface area contributed by atoms with E-state index in [1.807, 2.05) is 24.3 Å². The molecule has 1 aromatic rings. The van der Waals surface area contributed by atoms with Gasteiger partial charge in [0.1, 0.15) is 0 Å². The number of hydrogen-bond donors (Lipinski definition) is 2. The fourth-order valence-electron chi connectivity index (χ4n) is 3.06. The van der Waals surface area contributed by atoms with E-state index in [1.54, 1.807) is 0 Å². The SMILES string of the molecule is O=C(NCC1CCCNC1)C1(c2cccc(Cl)c2)CC1. The molecule has 0 bridgehead atoms. The first-order valence-corrected chi connectivity index (χ1v) is 7.83. The quantitative estimate of drug-likeness (QED) is 0.895. The molecule has 1 heterocycles. The Hall–Kier alpha value is -1.06. The van der Waals surface area contributed by atoms with Crippen LogP contribution in [-0.4, -0.2) is 25.5 Å². The van der Waals surface area contributed by atoms with E-state index < -0.39 is 0 Å². The van der Waals surface area contributed by atoms with E-state index in [4.69, 9.17) is 11.6 Å². The van der Waals surface area contributed by atoms with Gasteiger partial charge in [-0.2, -0.15) is 0 Å². The second-order valence-electron chi connectivity index (χ2n) is 6.01. The van der Waals surface area contributed by atoms with Crippen molar-refractivity contribution in [3.05, 3.63) is 34.9 Å². The maximum atomic E-state index is 12.5. The average Bonchev–Trinajstić information content (AvgIpc) is 3.28. The van der Waals surface area contributed by atoms with E-state index in [0.717, 1.165) is 38.0 Å². The minimum Gasteiger partial charge on any atom is -0.355 e. The van der Waals surface area contributed by atoms with Gasteiger partial charge in [-0.15, -0.1) is 0 Å². The molecule has 1 aliphatic carbocycles. The first kappa shape index (κ1) is 13.9. The van der Waals surface area contributed by atoms with Crippen molar-refractivity contribution in [1.29, 1.82) is 0 Å². The van der Waals surface area contributed by atoms with Crippen LogP contribution in [0.3, 0.4) is 0 Å². The lowest BCUT2D eigenvalue weighted by atomic mass is 9.94. The number of rotatable bonds is 4. The fourth-order valence-corrected chi connectivity index (χ4v) is 3.25. The second kappa shape index (κ2) is 5.74. The van der Waals surface area contributed by atoms with E-state index in [9.17, 15) is 4.79 Å². The van der Waals surface area contributed by atoms with Gasteiger partial charge in [-0.05, 0) is 62.4 Å². The average molecular weight is 293 g/mol. The summed E-state index contributed by atoms with van der Waals surface area (Å²) in [5.41, 5.74) is 0.747. The lowest BCUT2D eigenvalue weighted by Crippen LogP contribution is -2.41. The van der Waals surface area contributed by atoms with Gasteiger partial charge in [0.25, 0.3) is 0 Å². The van der Waals surface area contributed by atoms with Gasteiger partial charge in [0, 0.05) is 11.6 Å². The molecule has 1 unspecified atom stereocenters. The molecule has 2 fully saturated rings. The van der Waals surface area contributed by atoms with Gasteiger partial charge in [-0.1, -0.05) is 23.7 Å². The van der Waals surface area contributed by atoms with E-state index in [0.29, 0.717) is 10.9 Å². The van der Waals surface area contributed by atoms with Gasteiger partial charge < -0.3 is 10.6 Å².